The molecular weight excluding hydrogens is 169 g/mol. The molecule has 0 aromatic heterocycles. The van der Waals surface area contributed by atoms with Crippen LogP contribution in [0, 0.1) is 11.7 Å². The lowest BCUT2D eigenvalue weighted by atomic mass is 9.97. The molecule has 68 valence electrons. The molecule has 0 amide bonds. The molecular formula is C10H10FNO. The largest absolute Gasteiger partial charge is 0.505 e. The molecule has 1 heterocycles. The molecule has 0 bridgehead atoms. The van der Waals surface area contributed by atoms with E-state index in [1.54, 1.807) is 6.07 Å². The zero-order valence-electron chi connectivity index (χ0n) is 7.05. The molecule has 3 heteroatoms. The molecule has 1 unspecified atom stereocenters. The highest BCUT2D eigenvalue weighted by atomic mass is 19.1. The molecule has 2 atom stereocenters. The quantitative estimate of drug-likeness (QED) is 0.682. The van der Waals surface area contributed by atoms with Crippen molar-refractivity contribution in [3.05, 3.63) is 29.6 Å². The normalized spacial score (nSPS) is 35.0. The van der Waals surface area contributed by atoms with Crippen LogP contribution in [-0.4, -0.2) is 11.7 Å². The highest BCUT2D eigenvalue weighted by molar-refractivity contribution is 5.41. The Morgan fingerprint density at radius 2 is 2.38 bits per heavy atom. The van der Waals surface area contributed by atoms with Crippen molar-refractivity contribution in [3.63, 3.8) is 0 Å². The Bertz CT molecular complexity index is 375. The number of phenolic OH excluding ortho intramolecular Hbond substituents is 1. The van der Waals surface area contributed by atoms with Gasteiger partial charge < -0.3 is 10.4 Å². The average molecular weight is 179 g/mol. The molecule has 2 N–H and O–H groups in total. The zero-order valence-corrected chi connectivity index (χ0v) is 7.05. The lowest BCUT2D eigenvalue weighted by Crippen LogP contribution is -2.43. The first-order valence-electron chi connectivity index (χ1n) is 4.46. The number of fused-ring (bicyclic) bond motifs is 1. The van der Waals surface area contributed by atoms with Crippen LogP contribution in [0.1, 0.15) is 12.0 Å². The molecule has 2 aliphatic rings. The van der Waals surface area contributed by atoms with Gasteiger partial charge in [-0.3, -0.25) is 0 Å². The van der Waals surface area contributed by atoms with E-state index >= 15 is 0 Å². The first-order chi connectivity index (χ1) is 6.22. The molecule has 3 rings (SSSR count). The van der Waals surface area contributed by atoms with Crippen LogP contribution in [0.3, 0.4) is 0 Å². The van der Waals surface area contributed by atoms with E-state index in [1.165, 1.54) is 12.1 Å². The van der Waals surface area contributed by atoms with Crippen LogP contribution in [0.15, 0.2) is 18.2 Å². The second-order valence-electron chi connectivity index (χ2n) is 3.92. The smallest absolute Gasteiger partial charge is 0.164 e. The van der Waals surface area contributed by atoms with E-state index in [9.17, 15) is 9.50 Å². The average Bonchev–Trinajstić information content (AvgIpc) is 2.61. The standard InChI is InChI=1S/C10H10FNO/c11-8-2-1-6(3-9(8)13)10-4-7(10)5-12-10/h1-3,7,12-13H,4-5H2/t7-,10?/m0/s1. The molecule has 2 fully saturated rings. The van der Waals surface area contributed by atoms with Crippen molar-refractivity contribution >= 4 is 0 Å². The first-order valence-corrected chi connectivity index (χ1v) is 4.46. The van der Waals surface area contributed by atoms with E-state index in [4.69, 9.17) is 0 Å². The Labute approximate surface area is 75.4 Å². The monoisotopic (exact) mass is 179 g/mol. The second-order valence-corrected chi connectivity index (χ2v) is 3.92. The second kappa shape index (κ2) is 2.04. The van der Waals surface area contributed by atoms with Crippen molar-refractivity contribution in [2.45, 2.75) is 12.0 Å². The van der Waals surface area contributed by atoms with Crippen LogP contribution in [0.25, 0.3) is 0 Å². The minimum atomic E-state index is -0.545. The van der Waals surface area contributed by atoms with Crippen LogP contribution in [0.4, 0.5) is 4.39 Å². The molecule has 1 aliphatic carbocycles. The summed E-state index contributed by atoms with van der Waals surface area (Å²) in [6, 6.07) is 4.61. The molecule has 0 radical (unpaired) electrons. The van der Waals surface area contributed by atoms with Crippen molar-refractivity contribution in [2.75, 3.05) is 6.54 Å². The van der Waals surface area contributed by atoms with Crippen LogP contribution >= 0.6 is 0 Å². The Balaban J connectivity index is 2.02. The van der Waals surface area contributed by atoms with Crippen molar-refractivity contribution in [1.29, 1.82) is 0 Å². The summed E-state index contributed by atoms with van der Waals surface area (Å²) < 4.78 is 12.8. The van der Waals surface area contributed by atoms with Gasteiger partial charge in [0.2, 0.25) is 0 Å². The van der Waals surface area contributed by atoms with Gasteiger partial charge in [-0.1, -0.05) is 6.07 Å². The number of hydrogen-bond donors (Lipinski definition) is 2. The Kier molecular flexibility index (Phi) is 1.15. The maximum atomic E-state index is 12.8. The van der Waals surface area contributed by atoms with Gasteiger partial charge in [0.15, 0.2) is 11.6 Å². The molecule has 1 saturated carbocycles. The molecule has 1 aromatic rings. The molecule has 1 aromatic carbocycles. The van der Waals surface area contributed by atoms with Gasteiger partial charge in [0, 0.05) is 12.1 Å². The predicted octanol–water partition coefficient (Wildman–Crippen LogP) is 1.35. The molecule has 1 saturated heterocycles. The van der Waals surface area contributed by atoms with E-state index in [2.05, 4.69) is 5.32 Å². The maximum Gasteiger partial charge on any atom is 0.164 e. The molecule has 13 heavy (non-hydrogen) atoms. The predicted molar refractivity (Wildman–Crippen MR) is 45.9 cm³/mol. The van der Waals surface area contributed by atoms with Gasteiger partial charge in [0.25, 0.3) is 0 Å². The third-order valence-corrected chi connectivity index (χ3v) is 3.23. The van der Waals surface area contributed by atoms with Gasteiger partial charge in [0.1, 0.15) is 0 Å². The number of halogens is 1. The summed E-state index contributed by atoms with van der Waals surface area (Å²) in [4.78, 5) is 0. The van der Waals surface area contributed by atoms with Crippen molar-refractivity contribution in [3.8, 4) is 5.75 Å². The van der Waals surface area contributed by atoms with Gasteiger partial charge >= 0.3 is 0 Å². The first kappa shape index (κ1) is 7.33. The Morgan fingerprint density at radius 3 is 2.85 bits per heavy atom. The van der Waals surface area contributed by atoms with Gasteiger partial charge in [-0.15, -0.1) is 0 Å². The van der Waals surface area contributed by atoms with Crippen LogP contribution < -0.4 is 5.32 Å². The Hall–Kier alpha value is -1.09. The number of hydrogen-bond acceptors (Lipinski definition) is 2. The number of rotatable bonds is 1. The summed E-state index contributed by atoms with van der Waals surface area (Å²) in [6.07, 6.45) is 1.12. The number of nitrogens with one attached hydrogen (secondary N) is 1. The summed E-state index contributed by atoms with van der Waals surface area (Å²) in [7, 11) is 0. The maximum absolute atomic E-state index is 12.8. The highest BCUT2D eigenvalue weighted by Gasteiger charge is 2.62. The van der Waals surface area contributed by atoms with E-state index in [1.807, 2.05) is 0 Å². The minimum Gasteiger partial charge on any atom is -0.505 e. The SMILES string of the molecule is Oc1cc(C23C[C@H]2CN3)ccc1F. The van der Waals surface area contributed by atoms with E-state index in [0.717, 1.165) is 18.5 Å². The summed E-state index contributed by atoms with van der Waals surface area (Å²) in [5, 5.41) is 12.5. The van der Waals surface area contributed by atoms with Crippen molar-refractivity contribution < 1.29 is 9.50 Å². The number of benzene rings is 1. The molecule has 1 aliphatic heterocycles. The van der Waals surface area contributed by atoms with Gasteiger partial charge in [0.05, 0.1) is 0 Å². The van der Waals surface area contributed by atoms with Crippen LogP contribution in [0.2, 0.25) is 0 Å². The van der Waals surface area contributed by atoms with Crippen molar-refractivity contribution in [1.82, 2.24) is 5.32 Å². The van der Waals surface area contributed by atoms with Crippen LogP contribution in [0.5, 0.6) is 5.75 Å². The fraction of sp³-hybridized carbons (Fsp3) is 0.400. The van der Waals surface area contributed by atoms with E-state index in [-0.39, 0.29) is 11.3 Å². The topological polar surface area (TPSA) is 32.3 Å². The third-order valence-electron chi connectivity index (χ3n) is 3.23. The minimum absolute atomic E-state index is 0.0885. The fourth-order valence-corrected chi connectivity index (χ4v) is 2.21. The summed E-state index contributed by atoms with van der Waals surface area (Å²) >= 11 is 0. The summed E-state index contributed by atoms with van der Waals surface area (Å²) in [5.41, 5.74) is 1.10. The Morgan fingerprint density at radius 1 is 1.54 bits per heavy atom. The van der Waals surface area contributed by atoms with Crippen molar-refractivity contribution in [2.24, 2.45) is 5.92 Å². The number of aromatic hydroxyl groups is 1. The number of phenols is 1. The highest BCUT2D eigenvalue weighted by Crippen LogP contribution is 2.58. The molecule has 0 spiro atoms. The fourth-order valence-electron chi connectivity index (χ4n) is 2.21. The van der Waals surface area contributed by atoms with Gasteiger partial charge in [-0.05, 0) is 30.0 Å². The molecule has 2 nitrogen and oxygen atoms in total. The zero-order chi connectivity index (χ0) is 9.05. The summed E-state index contributed by atoms with van der Waals surface area (Å²) in [6.45, 7) is 1.05. The lowest BCUT2D eigenvalue weighted by Gasteiger charge is -2.28. The third kappa shape index (κ3) is 0.800. The summed E-state index contributed by atoms with van der Waals surface area (Å²) in [5.74, 6) is -0.0831. The van der Waals surface area contributed by atoms with E-state index < -0.39 is 5.82 Å². The van der Waals surface area contributed by atoms with Crippen LogP contribution in [-0.2, 0) is 5.54 Å². The van der Waals surface area contributed by atoms with Gasteiger partial charge in [-0.25, -0.2) is 4.39 Å². The van der Waals surface area contributed by atoms with E-state index in [0.29, 0.717) is 5.92 Å². The van der Waals surface area contributed by atoms with Gasteiger partial charge in [-0.2, -0.15) is 0 Å². The lowest BCUT2D eigenvalue weighted by molar-refractivity contribution is 0.358.